The highest BCUT2D eigenvalue weighted by Crippen LogP contribution is 2.29. The Labute approximate surface area is 153 Å². The average molecular weight is 378 g/mol. The first kappa shape index (κ1) is 18.0. The maximum atomic E-state index is 13.2. The minimum atomic E-state index is -3.65. The van der Waals surface area contributed by atoms with Crippen molar-refractivity contribution in [2.75, 3.05) is 26.3 Å². The lowest BCUT2D eigenvalue weighted by molar-refractivity contribution is 0.0597. The molecule has 0 bridgehead atoms. The second-order valence-electron chi connectivity index (χ2n) is 5.97. The molecule has 0 unspecified atom stereocenters. The number of hydrogen-bond acceptors (Lipinski definition) is 4. The van der Waals surface area contributed by atoms with E-state index in [2.05, 4.69) is 0 Å². The van der Waals surface area contributed by atoms with Crippen LogP contribution in [0.2, 0.25) is 5.02 Å². The van der Waals surface area contributed by atoms with E-state index in [0.29, 0.717) is 36.9 Å². The number of ether oxygens (including phenoxy) is 1. The Balaban J connectivity index is 2.07. The molecule has 0 saturated carbocycles. The van der Waals surface area contributed by atoms with Gasteiger partial charge < -0.3 is 9.64 Å². The van der Waals surface area contributed by atoms with Crippen molar-refractivity contribution in [3.05, 3.63) is 70.9 Å². The van der Waals surface area contributed by atoms with Crippen LogP contribution in [0.15, 0.2) is 59.6 Å². The lowest BCUT2D eigenvalue weighted by Gasteiger charge is -2.26. The van der Waals surface area contributed by atoms with E-state index in [4.69, 9.17) is 16.3 Å². The van der Waals surface area contributed by atoms with Gasteiger partial charge in [-0.3, -0.25) is 0 Å². The molecule has 1 aliphatic heterocycles. The van der Waals surface area contributed by atoms with Crippen LogP contribution in [0.4, 0.5) is 0 Å². The maximum Gasteiger partial charge on any atom is 0.208 e. The fourth-order valence-electron chi connectivity index (χ4n) is 2.63. The monoisotopic (exact) mass is 377 g/mol. The SMILES string of the molecule is Cc1ccc(S(=O)(=O)C(=CN2CCOCC2)c2ccc(Cl)cc2)cc1. The first-order valence-electron chi connectivity index (χ1n) is 8.08. The second-order valence-corrected chi connectivity index (χ2v) is 8.32. The molecule has 0 amide bonds. The van der Waals surface area contributed by atoms with Crippen LogP contribution in [0.3, 0.4) is 0 Å². The molecule has 0 N–H and O–H groups in total. The van der Waals surface area contributed by atoms with Crippen LogP contribution in [0, 0.1) is 6.92 Å². The van der Waals surface area contributed by atoms with Crippen molar-refractivity contribution >= 4 is 26.3 Å². The standard InChI is InChI=1S/C19H20ClNO3S/c1-15-2-8-18(9-3-15)25(22,23)19(14-21-10-12-24-13-11-21)16-4-6-17(20)7-5-16/h2-9,14H,10-13H2,1H3. The molecule has 6 heteroatoms. The predicted molar refractivity (Wildman–Crippen MR) is 100 cm³/mol. The van der Waals surface area contributed by atoms with Gasteiger partial charge in [-0.15, -0.1) is 0 Å². The molecule has 1 heterocycles. The molecule has 0 spiro atoms. The molecular formula is C19H20ClNO3S. The zero-order valence-electron chi connectivity index (χ0n) is 14.0. The van der Waals surface area contributed by atoms with Crippen molar-refractivity contribution in [3.63, 3.8) is 0 Å². The van der Waals surface area contributed by atoms with Gasteiger partial charge in [-0.05, 0) is 36.8 Å². The van der Waals surface area contributed by atoms with E-state index in [-0.39, 0.29) is 9.80 Å². The average Bonchev–Trinajstić information content (AvgIpc) is 2.62. The van der Waals surface area contributed by atoms with Crippen molar-refractivity contribution in [1.29, 1.82) is 0 Å². The zero-order chi connectivity index (χ0) is 17.9. The summed E-state index contributed by atoms with van der Waals surface area (Å²) in [6, 6.07) is 13.8. The van der Waals surface area contributed by atoms with Crippen LogP contribution in [-0.4, -0.2) is 39.6 Å². The largest absolute Gasteiger partial charge is 0.378 e. The van der Waals surface area contributed by atoms with Gasteiger partial charge in [0.1, 0.15) is 0 Å². The third kappa shape index (κ3) is 4.24. The summed E-state index contributed by atoms with van der Waals surface area (Å²) in [6.07, 6.45) is 1.72. The zero-order valence-corrected chi connectivity index (χ0v) is 15.6. The van der Waals surface area contributed by atoms with Crippen molar-refractivity contribution < 1.29 is 13.2 Å². The van der Waals surface area contributed by atoms with Crippen molar-refractivity contribution in [2.24, 2.45) is 0 Å². The summed E-state index contributed by atoms with van der Waals surface area (Å²) >= 11 is 5.96. The molecule has 3 rings (SSSR count). The minimum Gasteiger partial charge on any atom is -0.378 e. The summed E-state index contributed by atoms with van der Waals surface area (Å²) < 4.78 is 31.8. The van der Waals surface area contributed by atoms with Gasteiger partial charge in [-0.1, -0.05) is 41.4 Å². The molecule has 4 nitrogen and oxygen atoms in total. The molecule has 0 atom stereocenters. The van der Waals surface area contributed by atoms with Gasteiger partial charge in [0.05, 0.1) is 23.0 Å². The van der Waals surface area contributed by atoms with Crippen LogP contribution in [0.5, 0.6) is 0 Å². The van der Waals surface area contributed by atoms with Crippen LogP contribution < -0.4 is 0 Å². The molecule has 0 radical (unpaired) electrons. The van der Waals surface area contributed by atoms with E-state index in [1.807, 2.05) is 11.8 Å². The van der Waals surface area contributed by atoms with Gasteiger partial charge in [0.15, 0.2) is 0 Å². The number of sulfone groups is 1. The summed E-state index contributed by atoms with van der Waals surface area (Å²) in [7, 11) is -3.65. The number of morpholine rings is 1. The topological polar surface area (TPSA) is 46.6 Å². The molecule has 132 valence electrons. The Hall–Kier alpha value is -1.82. The Morgan fingerprint density at radius 1 is 1.04 bits per heavy atom. The number of rotatable bonds is 4. The summed E-state index contributed by atoms with van der Waals surface area (Å²) in [5.74, 6) is 0. The molecule has 2 aromatic rings. The summed E-state index contributed by atoms with van der Waals surface area (Å²) in [5, 5.41) is 0.571. The summed E-state index contributed by atoms with van der Waals surface area (Å²) in [6.45, 7) is 4.45. The highest BCUT2D eigenvalue weighted by Gasteiger charge is 2.24. The van der Waals surface area contributed by atoms with Crippen LogP contribution in [0.1, 0.15) is 11.1 Å². The van der Waals surface area contributed by atoms with Gasteiger partial charge in [-0.25, -0.2) is 8.42 Å². The molecule has 1 aliphatic rings. The lowest BCUT2D eigenvalue weighted by atomic mass is 10.2. The van der Waals surface area contributed by atoms with E-state index in [1.54, 1.807) is 54.7 Å². The smallest absolute Gasteiger partial charge is 0.208 e. The Morgan fingerprint density at radius 2 is 1.64 bits per heavy atom. The molecule has 2 aromatic carbocycles. The first-order chi connectivity index (χ1) is 12.0. The van der Waals surface area contributed by atoms with Crippen LogP contribution in [0.25, 0.3) is 4.91 Å². The van der Waals surface area contributed by atoms with Gasteiger partial charge in [-0.2, -0.15) is 0 Å². The number of hydrogen-bond donors (Lipinski definition) is 0. The lowest BCUT2D eigenvalue weighted by Crippen LogP contribution is -2.32. The van der Waals surface area contributed by atoms with Gasteiger partial charge in [0, 0.05) is 24.3 Å². The molecule has 25 heavy (non-hydrogen) atoms. The van der Waals surface area contributed by atoms with Gasteiger partial charge in [0.25, 0.3) is 0 Å². The second kappa shape index (κ2) is 7.60. The Morgan fingerprint density at radius 3 is 2.24 bits per heavy atom. The van der Waals surface area contributed by atoms with E-state index in [9.17, 15) is 8.42 Å². The normalized spacial score (nSPS) is 16.1. The van der Waals surface area contributed by atoms with Crippen LogP contribution in [-0.2, 0) is 14.6 Å². The number of nitrogens with zero attached hydrogens (tertiary/aromatic N) is 1. The fourth-order valence-corrected chi connectivity index (χ4v) is 4.24. The van der Waals surface area contributed by atoms with Crippen molar-refractivity contribution in [1.82, 2.24) is 4.90 Å². The highest BCUT2D eigenvalue weighted by atomic mass is 35.5. The van der Waals surface area contributed by atoms with E-state index < -0.39 is 9.84 Å². The molecular weight excluding hydrogens is 358 g/mol. The first-order valence-corrected chi connectivity index (χ1v) is 9.94. The molecule has 0 aliphatic carbocycles. The Kier molecular flexibility index (Phi) is 5.47. The van der Waals surface area contributed by atoms with Gasteiger partial charge in [0.2, 0.25) is 9.84 Å². The third-order valence-electron chi connectivity index (χ3n) is 4.10. The molecule has 1 saturated heterocycles. The predicted octanol–water partition coefficient (Wildman–Crippen LogP) is 3.75. The fraction of sp³-hybridized carbons (Fsp3) is 0.263. The van der Waals surface area contributed by atoms with Crippen LogP contribution >= 0.6 is 11.6 Å². The molecule has 0 aromatic heterocycles. The van der Waals surface area contributed by atoms with E-state index in [0.717, 1.165) is 5.56 Å². The number of halogens is 1. The number of benzene rings is 2. The van der Waals surface area contributed by atoms with Gasteiger partial charge >= 0.3 is 0 Å². The van der Waals surface area contributed by atoms with Crippen molar-refractivity contribution in [2.45, 2.75) is 11.8 Å². The molecule has 1 fully saturated rings. The maximum absolute atomic E-state index is 13.2. The highest BCUT2D eigenvalue weighted by molar-refractivity contribution is 8.00. The minimum absolute atomic E-state index is 0.273. The van der Waals surface area contributed by atoms with E-state index >= 15 is 0 Å². The van der Waals surface area contributed by atoms with Crippen molar-refractivity contribution in [3.8, 4) is 0 Å². The summed E-state index contributed by atoms with van der Waals surface area (Å²) in [4.78, 5) is 2.54. The quantitative estimate of drug-likeness (QED) is 0.814. The Bertz CT molecular complexity index is 853. The third-order valence-corrected chi connectivity index (χ3v) is 6.16. The van der Waals surface area contributed by atoms with E-state index in [1.165, 1.54) is 0 Å². The number of aryl methyl sites for hydroxylation is 1. The summed E-state index contributed by atoms with van der Waals surface area (Å²) in [5.41, 5.74) is 1.64.